The molecule has 88 valence electrons. The average Bonchev–Trinajstić information content (AvgIpc) is 2.95. The number of nitrogens with two attached hydrogens (primary N) is 1. The van der Waals surface area contributed by atoms with E-state index in [9.17, 15) is 4.79 Å². The number of amides is 1. The van der Waals surface area contributed by atoms with E-state index in [-0.39, 0.29) is 11.3 Å². The minimum atomic E-state index is 0.200. The van der Waals surface area contributed by atoms with Crippen molar-refractivity contribution >= 4 is 5.91 Å². The van der Waals surface area contributed by atoms with Crippen LogP contribution in [0, 0.1) is 11.3 Å². The molecule has 0 atom stereocenters. The molecule has 1 aliphatic carbocycles. The van der Waals surface area contributed by atoms with E-state index in [1.807, 2.05) is 0 Å². The summed E-state index contributed by atoms with van der Waals surface area (Å²) in [6, 6.07) is 0. The predicted molar refractivity (Wildman–Crippen MR) is 62.4 cm³/mol. The van der Waals surface area contributed by atoms with E-state index in [4.69, 9.17) is 5.73 Å². The van der Waals surface area contributed by atoms with Gasteiger partial charge < -0.3 is 11.1 Å². The Balaban J connectivity index is 2.08. The summed E-state index contributed by atoms with van der Waals surface area (Å²) in [6.45, 7) is 5.94. The van der Waals surface area contributed by atoms with Crippen molar-refractivity contribution in [2.24, 2.45) is 17.1 Å². The Morgan fingerprint density at radius 3 is 2.60 bits per heavy atom. The summed E-state index contributed by atoms with van der Waals surface area (Å²) in [5.74, 6) is 0.970. The molecule has 0 bridgehead atoms. The Bertz CT molecular complexity index is 210. The lowest BCUT2D eigenvalue weighted by Gasteiger charge is -2.23. The Labute approximate surface area is 92.8 Å². The van der Waals surface area contributed by atoms with Crippen molar-refractivity contribution in [2.75, 3.05) is 13.1 Å². The van der Waals surface area contributed by atoms with E-state index in [0.717, 1.165) is 25.3 Å². The molecule has 3 nitrogen and oxygen atoms in total. The van der Waals surface area contributed by atoms with Gasteiger partial charge in [0.2, 0.25) is 5.91 Å². The van der Waals surface area contributed by atoms with Gasteiger partial charge in [0.05, 0.1) is 0 Å². The maximum Gasteiger partial charge on any atom is 0.220 e. The Morgan fingerprint density at radius 2 is 2.07 bits per heavy atom. The molecule has 0 unspecified atom stereocenters. The number of hydrogen-bond donors (Lipinski definition) is 2. The molecule has 0 saturated heterocycles. The second-order valence-electron chi connectivity index (χ2n) is 5.45. The molecule has 0 aromatic carbocycles. The van der Waals surface area contributed by atoms with Crippen molar-refractivity contribution in [1.82, 2.24) is 5.32 Å². The summed E-state index contributed by atoms with van der Waals surface area (Å²) < 4.78 is 0. The van der Waals surface area contributed by atoms with Crippen molar-refractivity contribution in [2.45, 2.75) is 46.0 Å². The van der Waals surface area contributed by atoms with Crippen LogP contribution in [0.25, 0.3) is 0 Å². The molecule has 3 heteroatoms. The van der Waals surface area contributed by atoms with Gasteiger partial charge in [-0.2, -0.15) is 0 Å². The van der Waals surface area contributed by atoms with Gasteiger partial charge in [0.1, 0.15) is 0 Å². The van der Waals surface area contributed by atoms with E-state index in [0.29, 0.717) is 13.0 Å². The first-order valence-corrected chi connectivity index (χ1v) is 6.00. The van der Waals surface area contributed by atoms with Gasteiger partial charge in [-0.15, -0.1) is 0 Å². The van der Waals surface area contributed by atoms with Crippen LogP contribution in [0.2, 0.25) is 0 Å². The summed E-state index contributed by atoms with van der Waals surface area (Å²) >= 11 is 0. The maximum atomic E-state index is 11.5. The fourth-order valence-corrected chi connectivity index (χ4v) is 1.64. The van der Waals surface area contributed by atoms with Crippen molar-refractivity contribution in [3.05, 3.63) is 0 Å². The lowest BCUT2D eigenvalue weighted by molar-refractivity contribution is -0.121. The third kappa shape index (κ3) is 5.78. The quantitative estimate of drug-likeness (QED) is 0.674. The predicted octanol–water partition coefficient (Wildman–Crippen LogP) is 1.67. The number of carbonyl (C=O) groups excluding carboxylic acids is 1. The summed E-state index contributed by atoms with van der Waals surface area (Å²) in [5, 5.41) is 2.99. The Hall–Kier alpha value is -0.570. The topological polar surface area (TPSA) is 55.1 Å². The van der Waals surface area contributed by atoms with Crippen LogP contribution in [0.3, 0.4) is 0 Å². The monoisotopic (exact) mass is 212 g/mol. The fraction of sp³-hybridized carbons (Fsp3) is 0.917. The van der Waals surface area contributed by atoms with Crippen molar-refractivity contribution in [3.63, 3.8) is 0 Å². The van der Waals surface area contributed by atoms with Gasteiger partial charge >= 0.3 is 0 Å². The first kappa shape index (κ1) is 12.5. The smallest absolute Gasteiger partial charge is 0.220 e. The van der Waals surface area contributed by atoms with E-state index in [2.05, 4.69) is 19.2 Å². The molecule has 1 aliphatic rings. The molecule has 0 aromatic rings. The van der Waals surface area contributed by atoms with Gasteiger partial charge in [0.15, 0.2) is 0 Å². The minimum absolute atomic E-state index is 0.200. The zero-order valence-corrected chi connectivity index (χ0v) is 10.0. The number of rotatable bonds is 7. The lowest BCUT2D eigenvalue weighted by atomic mass is 9.84. The zero-order valence-electron chi connectivity index (χ0n) is 10.0. The third-order valence-electron chi connectivity index (χ3n) is 3.13. The molecular formula is C12H24N2O. The molecule has 3 N–H and O–H groups in total. The molecular weight excluding hydrogens is 188 g/mol. The molecule has 0 aliphatic heterocycles. The minimum Gasteiger partial charge on any atom is -0.356 e. The molecule has 15 heavy (non-hydrogen) atoms. The van der Waals surface area contributed by atoms with Gasteiger partial charge in [-0.05, 0) is 43.6 Å². The van der Waals surface area contributed by atoms with Crippen molar-refractivity contribution in [3.8, 4) is 0 Å². The molecule has 1 amide bonds. The molecule has 0 radical (unpaired) electrons. The summed E-state index contributed by atoms with van der Waals surface area (Å²) in [6.07, 6.45) is 5.14. The number of hydrogen-bond acceptors (Lipinski definition) is 2. The van der Waals surface area contributed by atoms with Crippen molar-refractivity contribution < 1.29 is 4.79 Å². The lowest BCUT2D eigenvalue weighted by Crippen LogP contribution is -2.27. The summed E-state index contributed by atoms with van der Waals surface area (Å²) in [4.78, 5) is 11.5. The van der Waals surface area contributed by atoms with Crippen molar-refractivity contribution in [1.29, 1.82) is 0 Å². The number of nitrogens with one attached hydrogen (secondary N) is 1. The highest BCUT2D eigenvalue weighted by Gasteiger charge is 2.22. The normalized spacial score (nSPS) is 16.5. The van der Waals surface area contributed by atoms with Gasteiger partial charge in [-0.1, -0.05) is 13.8 Å². The van der Waals surface area contributed by atoms with Crippen LogP contribution in [0.15, 0.2) is 0 Å². The van der Waals surface area contributed by atoms with Crippen LogP contribution in [-0.2, 0) is 4.79 Å². The first-order valence-electron chi connectivity index (χ1n) is 6.00. The highest BCUT2D eigenvalue weighted by molar-refractivity contribution is 5.75. The summed E-state index contributed by atoms with van der Waals surface area (Å²) in [7, 11) is 0. The first-order chi connectivity index (χ1) is 7.03. The van der Waals surface area contributed by atoms with E-state index >= 15 is 0 Å². The zero-order chi connectivity index (χ0) is 11.3. The SMILES string of the molecule is CC(C)(CCN)CCC(=O)NCC1CC1. The molecule has 1 saturated carbocycles. The Morgan fingerprint density at radius 1 is 1.40 bits per heavy atom. The molecule has 0 heterocycles. The van der Waals surface area contributed by atoms with E-state index in [1.165, 1.54) is 12.8 Å². The summed E-state index contributed by atoms with van der Waals surface area (Å²) in [5.41, 5.74) is 5.73. The van der Waals surface area contributed by atoms with Crippen LogP contribution >= 0.6 is 0 Å². The van der Waals surface area contributed by atoms with Crippen LogP contribution in [-0.4, -0.2) is 19.0 Å². The maximum absolute atomic E-state index is 11.5. The molecule has 0 spiro atoms. The van der Waals surface area contributed by atoms with E-state index < -0.39 is 0 Å². The van der Waals surface area contributed by atoms with Gasteiger partial charge in [0, 0.05) is 13.0 Å². The third-order valence-corrected chi connectivity index (χ3v) is 3.13. The van der Waals surface area contributed by atoms with Gasteiger partial charge in [-0.25, -0.2) is 0 Å². The highest BCUT2D eigenvalue weighted by atomic mass is 16.1. The second kappa shape index (κ2) is 5.50. The van der Waals surface area contributed by atoms with Gasteiger partial charge in [-0.3, -0.25) is 4.79 Å². The second-order valence-corrected chi connectivity index (χ2v) is 5.45. The van der Waals surface area contributed by atoms with E-state index in [1.54, 1.807) is 0 Å². The number of carbonyl (C=O) groups is 1. The van der Waals surface area contributed by atoms with Gasteiger partial charge in [0.25, 0.3) is 0 Å². The Kier molecular flexibility index (Phi) is 4.58. The average molecular weight is 212 g/mol. The highest BCUT2D eigenvalue weighted by Crippen LogP contribution is 2.28. The molecule has 1 rings (SSSR count). The van der Waals surface area contributed by atoms with Crippen LogP contribution < -0.4 is 11.1 Å². The van der Waals surface area contributed by atoms with Crippen LogP contribution in [0.1, 0.15) is 46.0 Å². The molecule has 1 fully saturated rings. The fourth-order valence-electron chi connectivity index (χ4n) is 1.64. The molecule has 0 aromatic heterocycles. The largest absolute Gasteiger partial charge is 0.356 e. The van der Waals surface area contributed by atoms with Crippen LogP contribution in [0.4, 0.5) is 0 Å². The van der Waals surface area contributed by atoms with Crippen LogP contribution in [0.5, 0.6) is 0 Å². The standard InChI is InChI=1S/C12H24N2O/c1-12(2,7-8-13)6-5-11(15)14-9-10-3-4-10/h10H,3-9,13H2,1-2H3,(H,14,15).